The van der Waals surface area contributed by atoms with E-state index in [-0.39, 0.29) is 0 Å². The first-order valence-corrected chi connectivity index (χ1v) is 6.90. The van der Waals surface area contributed by atoms with Gasteiger partial charge in [0.1, 0.15) is 0 Å². The number of hydrogen-bond acceptors (Lipinski definition) is 4. The fourth-order valence-corrected chi connectivity index (χ4v) is 3.21. The molecule has 0 spiro atoms. The van der Waals surface area contributed by atoms with E-state index in [0.717, 1.165) is 21.2 Å². The molecule has 1 heterocycles. The predicted octanol–water partition coefficient (Wildman–Crippen LogP) is 3.13. The van der Waals surface area contributed by atoms with Crippen molar-refractivity contribution in [2.45, 2.75) is 14.7 Å². The van der Waals surface area contributed by atoms with E-state index >= 15 is 0 Å². The molecule has 1 unspecified atom stereocenters. The summed E-state index contributed by atoms with van der Waals surface area (Å²) in [6.45, 7) is 0. The van der Waals surface area contributed by atoms with Gasteiger partial charge in [0, 0.05) is 14.7 Å². The van der Waals surface area contributed by atoms with Crippen molar-refractivity contribution in [3.05, 3.63) is 42.5 Å². The van der Waals surface area contributed by atoms with Crippen LogP contribution in [0.25, 0.3) is 0 Å². The minimum Gasteiger partial charge on any atom is -0.768 e. The first-order chi connectivity index (χ1) is 8.24. The monoisotopic (exact) mass is 262 g/mol. The van der Waals surface area contributed by atoms with Crippen molar-refractivity contribution in [3.63, 3.8) is 0 Å². The minimum atomic E-state index is -2.18. The van der Waals surface area contributed by atoms with Gasteiger partial charge in [0.25, 0.3) is 0 Å². The molecule has 0 aromatic heterocycles. The highest BCUT2D eigenvalue weighted by molar-refractivity contribution is 7.99. The summed E-state index contributed by atoms with van der Waals surface area (Å²) < 4.78 is 21.8. The van der Waals surface area contributed by atoms with Crippen molar-refractivity contribution in [2.24, 2.45) is 0 Å². The molecular formula is C12H8NO2S2-. The highest BCUT2D eigenvalue weighted by atomic mass is 32.2. The Morgan fingerprint density at radius 1 is 1.06 bits per heavy atom. The number of anilines is 2. The lowest BCUT2D eigenvalue weighted by atomic mass is 10.2. The van der Waals surface area contributed by atoms with Gasteiger partial charge in [0.2, 0.25) is 0 Å². The zero-order chi connectivity index (χ0) is 11.8. The van der Waals surface area contributed by atoms with Crippen LogP contribution < -0.4 is 5.32 Å². The summed E-state index contributed by atoms with van der Waals surface area (Å²) in [5.74, 6) is 0. The van der Waals surface area contributed by atoms with E-state index in [1.807, 2.05) is 24.3 Å². The van der Waals surface area contributed by atoms with Gasteiger partial charge >= 0.3 is 0 Å². The summed E-state index contributed by atoms with van der Waals surface area (Å²) >= 11 is -0.598. The molecule has 86 valence electrons. The number of para-hydroxylation sites is 1. The molecule has 5 heteroatoms. The Morgan fingerprint density at radius 3 is 2.65 bits per heavy atom. The van der Waals surface area contributed by atoms with Gasteiger partial charge in [-0.05, 0) is 41.4 Å². The molecule has 0 radical (unpaired) electrons. The maximum atomic E-state index is 10.9. The number of nitrogens with one attached hydrogen (secondary N) is 1. The van der Waals surface area contributed by atoms with Crippen LogP contribution >= 0.6 is 11.8 Å². The van der Waals surface area contributed by atoms with Gasteiger partial charge in [-0.2, -0.15) is 0 Å². The molecule has 0 bridgehead atoms. The zero-order valence-electron chi connectivity index (χ0n) is 8.67. The second-order valence-corrected chi connectivity index (χ2v) is 5.64. The van der Waals surface area contributed by atoms with Crippen molar-refractivity contribution in [1.82, 2.24) is 0 Å². The molecule has 0 amide bonds. The fraction of sp³-hybridized carbons (Fsp3) is 0. The Bertz CT molecular complexity index is 613. The van der Waals surface area contributed by atoms with Crippen LogP contribution in [0.3, 0.4) is 0 Å². The molecule has 3 rings (SSSR count). The summed E-state index contributed by atoms with van der Waals surface area (Å²) in [4.78, 5) is 2.36. The summed E-state index contributed by atoms with van der Waals surface area (Å²) in [5.41, 5.74) is 2.00. The lowest BCUT2D eigenvalue weighted by Crippen LogP contribution is -2.00. The average molecular weight is 262 g/mol. The SMILES string of the molecule is O=S([O-])c1ccc2c(c1)Sc1ccccc1N2. The van der Waals surface area contributed by atoms with Gasteiger partial charge in [-0.1, -0.05) is 23.9 Å². The molecule has 2 aromatic carbocycles. The Morgan fingerprint density at radius 2 is 1.82 bits per heavy atom. The maximum absolute atomic E-state index is 10.9. The highest BCUT2D eigenvalue weighted by Crippen LogP contribution is 2.44. The van der Waals surface area contributed by atoms with E-state index in [0.29, 0.717) is 4.90 Å². The van der Waals surface area contributed by atoms with Gasteiger partial charge in [0.05, 0.1) is 11.4 Å². The summed E-state index contributed by atoms with van der Waals surface area (Å²) in [6.07, 6.45) is 0. The zero-order valence-corrected chi connectivity index (χ0v) is 10.3. The van der Waals surface area contributed by atoms with Crippen molar-refractivity contribution < 1.29 is 8.76 Å². The van der Waals surface area contributed by atoms with Gasteiger partial charge < -0.3 is 9.87 Å². The molecule has 2 aromatic rings. The summed E-state index contributed by atoms with van der Waals surface area (Å²) in [5, 5.41) is 3.28. The Kier molecular flexibility index (Phi) is 2.66. The Hall–Kier alpha value is -1.30. The van der Waals surface area contributed by atoms with E-state index in [4.69, 9.17) is 0 Å². The minimum absolute atomic E-state index is 0.317. The molecule has 0 fully saturated rings. The number of fused-ring (bicyclic) bond motifs is 2. The Balaban J connectivity index is 2.06. The molecule has 17 heavy (non-hydrogen) atoms. The first-order valence-electron chi connectivity index (χ1n) is 5.01. The van der Waals surface area contributed by atoms with Crippen LogP contribution in [-0.4, -0.2) is 8.76 Å². The van der Waals surface area contributed by atoms with E-state index < -0.39 is 11.1 Å². The van der Waals surface area contributed by atoms with Crippen LogP contribution in [0.2, 0.25) is 0 Å². The van der Waals surface area contributed by atoms with E-state index in [1.54, 1.807) is 30.0 Å². The van der Waals surface area contributed by atoms with Crippen molar-refractivity contribution in [1.29, 1.82) is 0 Å². The molecular weight excluding hydrogens is 254 g/mol. The van der Waals surface area contributed by atoms with Crippen LogP contribution in [0.15, 0.2) is 57.2 Å². The van der Waals surface area contributed by atoms with E-state index in [1.165, 1.54) is 0 Å². The quantitative estimate of drug-likeness (QED) is 0.684. The van der Waals surface area contributed by atoms with E-state index in [2.05, 4.69) is 5.32 Å². The van der Waals surface area contributed by atoms with Crippen LogP contribution in [0, 0.1) is 0 Å². The van der Waals surface area contributed by atoms with Crippen molar-refractivity contribution in [3.8, 4) is 0 Å². The molecule has 1 N–H and O–H groups in total. The Labute approximate surface area is 106 Å². The largest absolute Gasteiger partial charge is 0.768 e. The predicted molar refractivity (Wildman–Crippen MR) is 67.5 cm³/mol. The van der Waals surface area contributed by atoms with Gasteiger partial charge in [-0.15, -0.1) is 0 Å². The third-order valence-electron chi connectivity index (χ3n) is 2.52. The molecule has 1 aliphatic heterocycles. The molecule has 0 saturated heterocycles. The third-order valence-corrected chi connectivity index (χ3v) is 4.29. The van der Waals surface area contributed by atoms with E-state index in [9.17, 15) is 8.76 Å². The van der Waals surface area contributed by atoms with Crippen LogP contribution in [-0.2, 0) is 11.1 Å². The van der Waals surface area contributed by atoms with Gasteiger partial charge in [-0.3, -0.25) is 4.21 Å². The molecule has 0 aliphatic carbocycles. The topological polar surface area (TPSA) is 52.2 Å². The normalized spacial score (nSPS) is 14.4. The second-order valence-electron chi connectivity index (χ2n) is 3.62. The van der Waals surface area contributed by atoms with Crippen LogP contribution in [0.4, 0.5) is 11.4 Å². The summed E-state index contributed by atoms with van der Waals surface area (Å²) in [6, 6.07) is 13.0. The lowest BCUT2D eigenvalue weighted by Gasteiger charge is -2.21. The highest BCUT2D eigenvalue weighted by Gasteiger charge is 2.15. The smallest absolute Gasteiger partial charge is 0.0527 e. The van der Waals surface area contributed by atoms with Crippen LogP contribution in [0.5, 0.6) is 0 Å². The van der Waals surface area contributed by atoms with Crippen molar-refractivity contribution >= 4 is 34.2 Å². The fourth-order valence-electron chi connectivity index (χ4n) is 1.72. The maximum Gasteiger partial charge on any atom is 0.0527 e. The number of hydrogen-bond donors (Lipinski definition) is 1. The standard InChI is InChI=1S/C12H9NO2S2/c14-17(15)8-5-6-10-12(7-8)16-11-4-2-1-3-9(11)13-10/h1-7,13H,(H,14,15)/p-1. The third kappa shape index (κ3) is 1.97. The van der Waals surface area contributed by atoms with Gasteiger partial charge in [-0.25, -0.2) is 0 Å². The lowest BCUT2D eigenvalue weighted by molar-refractivity contribution is 0.537. The molecule has 3 nitrogen and oxygen atoms in total. The molecule has 1 aliphatic rings. The number of rotatable bonds is 1. The first kappa shape index (κ1) is 10.8. The van der Waals surface area contributed by atoms with Crippen molar-refractivity contribution in [2.75, 3.05) is 5.32 Å². The molecule has 0 saturated carbocycles. The van der Waals surface area contributed by atoms with Gasteiger partial charge in [0.15, 0.2) is 0 Å². The average Bonchev–Trinajstić information content (AvgIpc) is 2.35. The summed E-state index contributed by atoms with van der Waals surface area (Å²) in [7, 11) is 0. The molecule has 1 atom stereocenters. The second kappa shape index (κ2) is 4.18. The van der Waals surface area contributed by atoms with Crippen LogP contribution in [0.1, 0.15) is 0 Å². The number of benzene rings is 2.